The lowest BCUT2D eigenvalue weighted by Gasteiger charge is -2.07. The second-order valence-electron chi connectivity index (χ2n) is 3.85. The van der Waals surface area contributed by atoms with Gasteiger partial charge in [0, 0.05) is 19.3 Å². The molecule has 0 aliphatic rings. The molecule has 1 heterocycles. The highest BCUT2D eigenvalue weighted by atomic mass is 32.2. The molecule has 0 fully saturated rings. The molecule has 0 bridgehead atoms. The fraction of sp³-hybridized carbons (Fsp3) is 0.182. The van der Waals surface area contributed by atoms with Crippen LogP contribution in [0.4, 0.5) is 8.78 Å². The number of sulfonamides is 1. The molecule has 0 unspecified atom stereocenters. The van der Waals surface area contributed by atoms with Crippen molar-refractivity contribution < 1.29 is 17.2 Å². The van der Waals surface area contributed by atoms with Gasteiger partial charge in [0.15, 0.2) is 0 Å². The number of halogens is 2. The third-order valence-corrected chi connectivity index (χ3v) is 3.98. The third kappa shape index (κ3) is 2.96. The van der Waals surface area contributed by atoms with Crippen LogP contribution in [0, 0.1) is 11.6 Å². The molecule has 0 atom stereocenters. The average molecular weight is 287 g/mol. The van der Waals surface area contributed by atoms with Crippen LogP contribution < -0.4 is 4.72 Å². The van der Waals surface area contributed by atoms with E-state index in [9.17, 15) is 17.2 Å². The highest BCUT2D eigenvalue weighted by molar-refractivity contribution is 7.89. The molecule has 19 heavy (non-hydrogen) atoms. The maximum Gasteiger partial charge on any atom is 0.243 e. The van der Waals surface area contributed by atoms with E-state index in [-0.39, 0.29) is 6.54 Å². The van der Waals surface area contributed by atoms with Crippen LogP contribution in [-0.2, 0) is 23.6 Å². The molecule has 0 spiro atoms. The summed E-state index contributed by atoms with van der Waals surface area (Å²) in [5.74, 6) is -1.96. The van der Waals surface area contributed by atoms with Crippen LogP contribution >= 0.6 is 0 Å². The minimum atomic E-state index is -4.03. The Kier molecular flexibility index (Phi) is 3.63. The van der Waals surface area contributed by atoms with Crippen molar-refractivity contribution in [3.05, 3.63) is 47.8 Å². The summed E-state index contributed by atoms with van der Waals surface area (Å²) in [6.45, 7) is -0.0321. The zero-order chi connectivity index (χ0) is 14.0. The van der Waals surface area contributed by atoms with Gasteiger partial charge in [-0.1, -0.05) is 0 Å². The molecule has 8 heteroatoms. The van der Waals surface area contributed by atoms with Gasteiger partial charge in [-0.2, -0.15) is 5.10 Å². The third-order valence-electron chi connectivity index (χ3n) is 2.55. The molecule has 102 valence electrons. The first-order valence-electron chi connectivity index (χ1n) is 5.32. The van der Waals surface area contributed by atoms with Crippen LogP contribution in [0.3, 0.4) is 0 Å². The number of aromatic nitrogens is 2. The summed E-state index contributed by atoms with van der Waals surface area (Å²) in [6.07, 6.45) is 1.52. The largest absolute Gasteiger partial charge is 0.271 e. The maximum absolute atomic E-state index is 13.4. The first-order chi connectivity index (χ1) is 8.90. The molecule has 0 amide bonds. The number of aryl methyl sites for hydroxylation is 1. The first kappa shape index (κ1) is 13.6. The van der Waals surface area contributed by atoms with E-state index in [2.05, 4.69) is 9.82 Å². The Morgan fingerprint density at radius 2 is 2.05 bits per heavy atom. The van der Waals surface area contributed by atoms with Crippen molar-refractivity contribution in [2.24, 2.45) is 7.05 Å². The molecule has 1 N–H and O–H groups in total. The summed E-state index contributed by atoms with van der Waals surface area (Å²) in [5.41, 5.74) is 0.617. The van der Waals surface area contributed by atoms with Gasteiger partial charge >= 0.3 is 0 Å². The predicted molar refractivity (Wildman–Crippen MR) is 63.6 cm³/mol. The minimum absolute atomic E-state index is 0.0321. The van der Waals surface area contributed by atoms with E-state index in [1.807, 2.05) is 0 Å². The molecule has 0 aliphatic heterocycles. The number of benzene rings is 1. The molecule has 5 nitrogen and oxygen atoms in total. The van der Waals surface area contributed by atoms with Crippen molar-refractivity contribution in [1.82, 2.24) is 14.5 Å². The van der Waals surface area contributed by atoms with Crippen molar-refractivity contribution in [2.75, 3.05) is 0 Å². The fourth-order valence-corrected chi connectivity index (χ4v) is 2.57. The lowest BCUT2D eigenvalue weighted by Crippen LogP contribution is -2.25. The quantitative estimate of drug-likeness (QED) is 0.918. The van der Waals surface area contributed by atoms with E-state index >= 15 is 0 Å². The van der Waals surface area contributed by atoms with Crippen molar-refractivity contribution >= 4 is 10.0 Å². The average Bonchev–Trinajstić information content (AvgIpc) is 2.72. The summed E-state index contributed by atoms with van der Waals surface area (Å²) in [6, 6.07) is 3.93. The standard InChI is InChI=1S/C11H11F2N3O2S/c1-16-9(4-5-14-16)7-15-19(17,18)11-3-2-8(12)6-10(11)13/h2-6,15H,7H2,1H3. The highest BCUT2D eigenvalue weighted by Gasteiger charge is 2.19. The molecule has 1 aromatic heterocycles. The number of nitrogens with zero attached hydrogens (tertiary/aromatic N) is 2. The summed E-state index contributed by atoms with van der Waals surface area (Å²) >= 11 is 0. The van der Waals surface area contributed by atoms with Crippen LogP contribution in [-0.4, -0.2) is 18.2 Å². The molecular weight excluding hydrogens is 276 g/mol. The molecule has 0 saturated carbocycles. The van der Waals surface area contributed by atoms with Crippen LogP contribution in [0.5, 0.6) is 0 Å². The zero-order valence-electron chi connectivity index (χ0n) is 9.97. The lowest BCUT2D eigenvalue weighted by atomic mass is 10.3. The lowest BCUT2D eigenvalue weighted by molar-refractivity contribution is 0.541. The van der Waals surface area contributed by atoms with Gasteiger partial charge in [0.2, 0.25) is 10.0 Å². The summed E-state index contributed by atoms with van der Waals surface area (Å²) in [7, 11) is -2.38. The predicted octanol–water partition coefficient (Wildman–Crippen LogP) is 1.18. The van der Waals surface area contributed by atoms with Gasteiger partial charge in [0.1, 0.15) is 16.5 Å². The molecule has 1 aromatic carbocycles. The van der Waals surface area contributed by atoms with Crippen molar-refractivity contribution in [3.63, 3.8) is 0 Å². The van der Waals surface area contributed by atoms with Gasteiger partial charge in [-0.3, -0.25) is 4.68 Å². The topological polar surface area (TPSA) is 64.0 Å². The molecule has 0 radical (unpaired) electrons. The van der Waals surface area contributed by atoms with Crippen LogP contribution in [0.1, 0.15) is 5.69 Å². The van der Waals surface area contributed by atoms with Crippen molar-refractivity contribution in [1.29, 1.82) is 0 Å². The van der Waals surface area contributed by atoms with Crippen LogP contribution in [0.2, 0.25) is 0 Å². The smallest absolute Gasteiger partial charge is 0.243 e. The fourth-order valence-electron chi connectivity index (χ4n) is 1.51. The van der Waals surface area contributed by atoms with Gasteiger partial charge in [0.25, 0.3) is 0 Å². The van der Waals surface area contributed by atoms with Crippen molar-refractivity contribution in [2.45, 2.75) is 11.4 Å². The summed E-state index contributed by atoms with van der Waals surface area (Å²) < 4.78 is 53.6. The highest BCUT2D eigenvalue weighted by Crippen LogP contribution is 2.15. The Labute approximate surface area is 108 Å². The molecular formula is C11H11F2N3O2S. The Hall–Kier alpha value is -1.80. The zero-order valence-corrected chi connectivity index (χ0v) is 10.8. The van der Waals surface area contributed by atoms with E-state index in [0.717, 1.165) is 12.1 Å². The van der Waals surface area contributed by atoms with E-state index < -0.39 is 26.6 Å². The molecule has 0 aliphatic carbocycles. The van der Waals surface area contributed by atoms with Gasteiger partial charge in [-0.05, 0) is 18.2 Å². The maximum atomic E-state index is 13.4. The normalized spacial score (nSPS) is 11.7. The Morgan fingerprint density at radius 3 is 2.63 bits per heavy atom. The first-order valence-corrected chi connectivity index (χ1v) is 6.80. The molecule has 2 aromatic rings. The number of hydrogen-bond acceptors (Lipinski definition) is 3. The van der Waals surface area contributed by atoms with E-state index in [4.69, 9.17) is 0 Å². The van der Waals surface area contributed by atoms with E-state index in [1.165, 1.54) is 10.9 Å². The van der Waals surface area contributed by atoms with Gasteiger partial charge < -0.3 is 0 Å². The number of rotatable bonds is 4. The number of hydrogen-bond donors (Lipinski definition) is 1. The Bertz CT molecular complexity index is 698. The monoisotopic (exact) mass is 287 g/mol. The Balaban J connectivity index is 2.21. The van der Waals surface area contributed by atoms with Crippen LogP contribution in [0.25, 0.3) is 0 Å². The number of nitrogens with one attached hydrogen (secondary N) is 1. The van der Waals surface area contributed by atoms with E-state index in [0.29, 0.717) is 11.8 Å². The SMILES string of the molecule is Cn1nccc1CNS(=O)(=O)c1ccc(F)cc1F. The Morgan fingerprint density at radius 1 is 1.32 bits per heavy atom. The minimum Gasteiger partial charge on any atom is -0.271 e. The van der Waals surface area contributed by atoms with Crippen molar-refractivity contribution in [3.8, 4) is 0 Å². The van der Waals surface area contributed by atoms with Gasteiger partial charge in [-0.15, -0.1) is 0 Å². The second kappa shape index (κ2) is 5.06. The van der Waals surface area contributed by atoms with Gasteiger partial charge in [0.05, 0.1) is 12.2 Å². The molecule has 0 saturated heterocycles. The summed E-state index contributed by atoms with van der Waals surface area (Å²) in [5, 5.41) is 3.88. The molecule has 2 rings (SSSR count). The van der Waals surface area contributed by atoms with Gasteiger partial charge in [-0.25, -0.2) is 21.9 Å². The van der Waals surface area contributed by atoms with Crippen LogP contribution in [0.15, 0.2) is 35.4 Å². The van der Waals surface area contributed by atoms with E-state index in [1.54, 1.807) is 13.1 Å². The second-order valence-corrected chi connectivity index (χ2v) is 5.58. The summed E-state index contributed by atoms with van der Waals surface area (Å²) in [4.78, 5) is -0.587.